The van der Waals surface area contributed by atoms with Gasteiger partial charge in [0, 0.05) is 23.5 Å². The number of benzene rings is 1. The number of halogens is 1. The number of carbonyl (C=O) groups excluding carboxylic acids is 2. The van der Waals surface area contributed by atoms with Crippen molar-refractivity contribution in [1.29, 1.82) is 0 Å². The number of carbonyl (C=O) groups is 2. The van der Waals surface area contributed by atoms with Crippen molar-refractivity contribution in [3.63, 3.8) is 0 Å². The van der Waals surface area contributed by atoms with Crippen molar-refractivity contribution in [2.24, 2.45) is 0 Å². The van der Waals surface area contributed by atoms with Crippen LogP contribution in [0.3, 0.4) is 0 Å². The Morgan fingerprint density at radius 3 is 2.65 bits per heavy atom. The molecular formula is C16H14ClN3O3. The van der Waals surface area contributed by atoms with Gasteiger partial charge in [0.1, 0.15) is 17.2 Å². The second-order valence-electron chi connectivity index (χ2n) is 4.97. The van der Waals surface area contributed by atoms with Crippen LogP contribution in [0.2, 0.25) is 0 Å². The van der Waals surface area contributed by atoms with E-state index in [-0.39, 0.29) is 5.91 Å². The van der Waals surface area contributed by atoms with Crippen LogP contribution < -0.4 is 10.2 Å². The number of rotatable bonds is 4. The molecule has 1 aromatic carbocycles. The summed E-state index contributed by atoms with van der Waals surface area (Å²) in [4.78, 5) is 28.1. The highest BCUT2D eigenvalue weighted by molar-refractivity contribution is 6.33. The topological polar surface area (TPSA) is 71.5 Å². The Balaban J connectivity index is 1.84. The Labute approximate surface area is 138 Å². The van der Waals surface area contributed by atoms with E-state index in [9.17, 15) is 9.59 Å². The predicted molar refractivity (Wildman–Crippen MR) is 83.9 cm³/mol. The van der Waals surface area contributed by atoms with Gasteiger partial charge in [0.15, 0.2) is 0 Å². The lowest BCUT2D eigenvalue weighted by atomic mass is 9.94. The zero-order valence-electron chi connectivity index (χ0n) is 12.3. The average Bonchev–Trinajstić information content (AvgIpc) is 2.61. The monoisotopic (exact) mass is 331 g/mol. The molecule has 1 aromatic heterocycles. The Hall–Kier alpha value is -2.60. The van der Waals surface area contributed by atoms with Crippen LogP contribution in [0.25, 0.3) is 0 Å². The number of methoxy groups -OCH3 is 1. The molecular weight excluding hydrogens is 318 g/mol. The number of nitrogens with one attached hydrogen (secondary N) is 1. The summed E-state index contributed by atoms with van der Waals surface area (Å²) in [5.74, 6) is -0.145. The first kappa shape index (κ1) is 15.3. The number of nitrogens with zero attached hydrogens (tertiary/aromatic N) is 2. The second-order valence-corrected chi connectivity index (χ2v) is 5.44. The summed E-state index contributed by atoms with van der Waals surface area (Å²) in [6, 6.07) is 9.90. The van der Waals surface area contributed by atoms with Gasteiger partial charge in [-0.1, -0.05) is 18.2 Å². The molecule has 0 saturated carbocycles. The number of alkyl halides is 1. The van der Waals surface area contributed by atoms with Gasteiger partial charge in [0.2, 0.25) is 0 Å². The maximum absolute atomic E-state index is 12.2. The fraction of sp³-hybridized carbons (Fsp3) is 0.188. The van der Waals surface area contributed by atoms with E-state index in [1.54, 1.807) is 25.3 Å². The highest BCUT2D eigenvalue weighted by Crippen LogP contribution is 2.40. The third-order valence-corrected chi connectivity index (χ3v) is 4.08. The molecule has 1 aliphatic rings. The summed E-state index contributed by atoms with van der Waals surface area (Å²) < 4.78 is 5.31. The van der Waals surface area contributed by atoms with Crippen molar-refractivity contribution in [3.8, 4) is 5.75 Å². The lowest BCUT2D eigenvalue weighted by Gasteiger charge is -2.44. The third-order valence-electron chi connectivity index (χ3n) is 3.65. The molecule has 1 saturated heterocycles. The SMILES string of the molecule is COc1ccccc1C1C(Cl)C(=O)N1NC(=O)c1ccncc1. The smallest absolute Gasteiger partial charge is 0.270 e. The van der Waals surface area contributed by atoms with Gasteiger partial charge in [-0.05, 0) is 18.2 Å². The molecule has 118 valence electrons. The minimum absolute atomic E-state index is 0.357. The number of hydrogen-bond acceptors (Lipinski definition) is 4. The molecule has 6 nitrogen and oxygen atoms in total. The maximum Gasteiger partial charge on any atom is 0.270 e. The van der Waals surface area contributed by atoms with Crippen LogP contribution in [0, 0.1) is 0 Å². The van der Waals surface area contributed by atoms with Gasteiger partial charge in [-0.15, -0.1) is 11.6 Å². The van der Waals surface area contributed by atoms with Crippen LogP contribution in [0.4, 0.5) is 0 Å². The standard InChI is InChI=1S/C16H14ClN3O3/c1-23-12-5-3-2-4-11(12)14-13(17)16(22)20(14)19-15(21)10-6-8-18-9-7-10/h2-9,13-14H,1H3,(H,19,21). The van der Waals surface area contributed by atoms with Gasteiger partial charge >= 0.3 is 0 Å². The van der Waals surface area contributed by atoms with E-state index in [1.807, 2.05) is 18.2 Å². The van der Waals surface area contributed by atoms with E-state index < -0.39 is 17.3 Å². The van der Waals surface area contributed by atoms with Crippen molar-refractivity contribution in [3.05, 3.63) is 59.9 Å². The quantitative estimate of drug-likeness (QED) is 0.686. The van der Waals surface area contributed by atoms with Crippen LogP contribution >= 0.6 is 11.6 Å². The number of hydrogen-bond donors (Lipinski definition) is 1. The Morgan fingerprint density at radius 2 is 1.96 bits per heavy atom. The zero-order chi connectivity index (χ0) is 16.4. The van der Waals surface area contributed by atoms with Crippen LogP contribution in [-0.4, -0.2) is 34.3 Å². The van der Waals surface area contributed by atoms with Crippen molar-refractivity contribution >= 4 is 23.4 Å². The van der Waals surface area contributed by atoms with Crippen LogP contribution in [0.15, 0.2) is 48.8 Å². The van der Waals surface area contributed by atoms with Crippen LogP contribution in [0.5, 0.6) is 5.75 Å². The maximum atomic E-state index is 12.2. The lowest BCUT2D eigenvalue weighted by Crippen LogP contribution is -2.63. The summed E-state index contributed by atoms with van der Waals surface area (Å²) >= 11 is 6.15. The van der Waals surface area contributed by atoms with Gasteiger partial charge in [-0.3, -0.25) is 20.0 Å². The van der Waals surface area contributed by atoms with Gasteiger partial charge in [0.05, 0.1) is 7.11 Å². The van der Waals surface area contributed by atoms with Gasteiger partial charge in [0.25, 0.3) is 11.8 Å². The largest absolute Gasteiger partial charge is 0.496 e. The first-order valence-corrected chi connectivity index (χ1v) is 7.38. The molecule has 1 fully saturated rings. The van der Waals surface area contributed by atoms with Crippen molar-refractivity contribution in [2.45, 2.75) is 11.4 Å². The summed E-state index contributed by atoms with van der Waals surface area (Å²) in [7, 11) is 1.54. The summed E-state index contributed by atoms with van der Waals surface area (Å²) in [5, 5.41) is 0.488. The normalized spacial score (nSPS) is 19.9. The summed E-state index contributed by atoms with van der Waals surface area (Å²) in [6.45, 7) is 0. The first-order chi connectivity index (χ1) is 11.1. The number of para-hydroxylation sites is 1. The number of pyridine rings is 1. The Morgan fingerprint density at radius 1 is 1.26 bits per heavy atom. The van der Waals surface area contributed by atoms with Crippen molar-refractivity contribution in [1.82, 2.24) is 15.4 Å². The van der Waals surface area contributed by atoms with E-state index in [1.165, 1.54) is 17.4 Å². The minimum atomic E-state index is -0.746. The molecule has 23 heavy (non-hydrogen) atoms. The number of amides is 2. The van der Waals surface area contributed by atoms with Crippen LogP contribution in [-0.2, 0) is 4.79 Å². The zero-order valence-corrected chi connectivity index (χ0v) is 13.0. The molecule has 2 unspecified atom stereocenters. The molecule has 0 aliphatic carbocycles. The molecule has 2 aromatic rings. The van der Waals surface area contributed by atoms with Crippen molar-refractivity contribution < 1.29 is 14.3 Å². The van der Waals surface area contributed by atoms with E-state index in [4.69, 9.17) is 16.3 Å². The molecule has 3 rings (SSSR count). The molecule has 1 N–H and O–H groups in total. The van der Waals surface area contributed by atoms with Crippen molar-refractivity contribution in [2.75, 3.05) is 7.11 Å². The van der Waals surface area contributed by atoms with Gasteiger partial charge in [-0.2, -0.15) is 0 Å². The number of hydrazine groups is 1. The number of ether oxygens (including phenoxy) is 1. The summed E-state index contributed by atoms with van der Waals surface area (Å²) in [5.41, 5.74) is 3.74. The van der Waals surface area contributed by atoms with Gasteiger partial charge < -0.3 is 4.74 Å². The highest BCUT2D eigenvalue weighted by atomic mass is 35.5. The fourth-order valence-electron chi connectivity index (χ4n) is 2.46. The summed E-state index contributed by atoms with van der Waals surface area (Å²) in [6.07, 6.45) is 3.02. The van der Waals surface area contributed by atoms with E-state index in [2.05, 4.69) is 10.4 Å². The minimum Gasteiger partial charge on any atom is -0.496 e. The lowest BCUT2D eigenvalue weighted by molar-refractivity contribution is -0.149. The van der Waals surface area contributed by atoms with Crippen LogP contribution in [0.1, 0.15) is 22.0 Å². The highest BCUT2D eigenvalue weighted by Gasteiger charge is 2.49. The molecule has 0 spiro atoms. The average molecular weight is 332 g/mol. The Kier molecular flexibility index (Phi) is 4.16. The predicted octanol–water partition coefficient (Wildman–Crippen LogP) is 1.93. The Bertz CT molecular complexity index is 738. The molecule has 0 bridgehead atoms. The van der Waals surface area contributed by atoms with Gasteiger partial charge in [-0.25, -0.2) is 5.01 Å². The third kappa shape index (κ3) is 2.73. The molecule has 7 heteroatoms. The van der Waals surface area contributed by atoms with E-state index in [0.29, 0.717) is 11.3 Å². The molecule has 2 atom stereocenters. The molecule has 0 radical (unpaired) electrons. The molecule has 2 amide bonds. The number of aromatic nitrogens is 1. The second kappa shape index (κ2) is 6.26. The fourth-order valence-corrected chi connectivity index (χ4v) is 2.82. The van der Waals surface area contributed by atoms with E-state index in [0.717, 1.165) is 5.56 Å². The molecule has 2 heterocycles. The molecule has 1 aliphatic heterocycles. The first-order valence-electron chi connectivity index (χ1n) is 6.94. The van der Waals surface area contributed by atoms with E-state index >= 15 is 0 Å². The number of β-lactam (4-membered cyclic amide) rings is 1.